The first-order valence-corrected chi connectivity index (χ1v) is 6.15. The third-order valence-corrected chi connectivity index (χ3v) is 2.96. The lowest BCUT2D eigenvalue weighted by Gasteiger charge is -2.26. The fourth-order valence-corrected chi connectivity index (χ4v) is 2.19. The van der Waals surface area contributed by atoms with E-state index in [0.29, 0.717) is 11.8 Å². The molecule has 1 heterocycles. The van der Waals surface area contributed by atoms with Gasteiger partial charge >= 0.3 is 0 Å². The highest BCUT2D eigenvalue weighted by molar-refractivity contribution is 4.63. The molecule has 0 aromatic heterocycles. The second kappa shape index (κ2) is 7.20. The molecule has 1 fully saturated rings. The molecule has 0 bridgehead atoms. The van der Waals surface area contributed by atoms with Gasteiger partial charge in [0.15, 0.2) is 6.29 Å². The van der Waals surface area contributed by atoms with Crippen molar-refractivity contribution in [1.82, 2.24) is 0 Å². The van der Waals surface area contributed by atoms with E-state index < -0.39 is 0 Å². The lowest BCUT2D eigenvalue weighted by Crippen LogP contribution is -2.27. The maximum atomic E-state index is 5.54. The number of hydrogen-bond acceptors (Lipinski definition) is 3. The summed E-state index contributed by atoms with van der Waals surface area (Å²) in [5.74, 6) is 1.38. The van der Waals surface area contributed by atoms with Gasteiger partial charge in [-0.15, -0.1) is 0 Å². The minimum absolute atomic E-state index is 0.0406. The third kappa shape index (κ3) is 5.50. The standard InChI is InChI=1S/C12H25NO2/c1-10(4-5-13)8-11(2)9-12-14-6-3-7-15-12/h10-12H,3-9,13H2,1-2H3. The Bertz CT molecular complexity index is 158. The number of hydrogen-bond donors (Lipinski definition) is 1. The van der Waals surface area contributed by atoms with E-state index in [1.807, 2.05) is 0 Å². The summed E-state index contributed by atoms with van der Waals surface area (Å²) in [5.41, 5.74) is 5.54. The van der Waals surface area contributed by atoms with E-state index in [4.69, 9.17) is 15.2 Å². The normalized spacial score (nSPS) is 22.6. The van der Waals surface area contributed by atoms with Crippen LogP contribution in [0.15, 0.2) is 0 Å². The first kappa shape index (κ1) is 12.9. The zero-order valence-electron chi connectivity index (χ0n) is 10.1. The number of nitrogens with two attached hydrogens (primary N) is 1. The van der Waals surface area contributed by atoms with Crippen molar-refractivity contribution in [1.29, 1.82) is 0 Å². The van der Waals surface area contributed by atoms with Gasteiger partial charge in [0.1, 0.15) is 0 Å². The predicted octanol–water partition coefficient (Wildman–Crippen LogP) is 2.15. The van der Waals surface area contributed by atoms with Gasteiger partial charge in [-0.25, -0.2) is 0 Å². The van der Waals surface area contributed by atoms with Crippen LogP contribution in [0.3, 0.4) is 0 Å². The lowest BCUT2D eigenvalue weighted by molar-refractivity contribution is -0.186. The number of rotatable bonds is 6. The Labute approximate surface area is 93.3 Å². The van der Waals surface area contributed by atoms with Crippen molar-refractivity contribution in [2.75, 3.05) is 19.8 Å². The van der Waals surface area contributed by atoms with Crippen LogP contribution < -0.4 is 5.73 Å². The van der Waals surface area contributed by atoms with Gasteiger partial charge in [-0.05, 0) is 37.6 Å². The summed E-state index contributed by atoms with van der Waals surface area (Å²) in [6.45, 7) is 7.05. The van der Waals surface area contributed by atoms with Gasteiger partial charge in [-0.2, -0.15) is 0 Å². The molecule has 0 spiro atoms. The summed E-state index contributed by atoms with van der Waals surface area (Å²) in [5, 5.41) is 0. The summed E-state index contributed by atoms with van der Waals surface area (Å²) in [4.78, 5) is 0. The van der Waals surface area contributed by atoms with Crippen molar-refractivity contribution in [3.8, 4) is 0 Å². The quantitative estimate of drug-likeness (QED) is 0.738. The minimum atomic E-state index is 0.0406. The molecular formula is C12H25NO2. The van der Waals surface area contributed by atoms with E-state index in [9.17, 15) is 0 Å². The second-order valence-electron chi connectivity index (χ2n) is 4.78. The summed E-state index contributed by atoms with van der Waals surface area (Å²) in [6, 6.07) is 0. The Morgan fingerprint density at radius 2 is 1.87 bits per heavy atom. The molecular weight excluding hydrogens is 190 g/mol. The van der Waals surface area contributed by atoms with Crippen LogP contribution in [0.25, 0.3) is 0 Å². The highest BCUT2D eigenvalue weighted by Gasteiger charge is 2.18. The Kier molecular flexibility index (Phi) is 6.22. The van der Waals surface area contributed by atoms with Crippen LogP contribution in [0.2, 0.25) is 0 Å². The fourth-order valence-electron chi connectivity index (χ4n) is 2.19. The van der Waals surface area contributed by atoms with Gasteiger partial charge in [0.05, 0.1) is 13.2 Å². The molecule has 1 aliphatic heterocycles. The van der Waals surface area contributed by atoms with Crippen molar-refractivity contribution in [3.63, 3.8) is 0 Å². The molecule has 0 radical (unpaired) electrons. The minimum Gasteiger partial charge on any atom is -0.353 e. The van der Waals surface area contributed by atoms with E-state index in [-0.39, 0.29) is 6.29 Å². The fraction of sp³-hybridized carbons (Fsp3) is 1.00. The molecule has 2 atom stereocenters. The molecule has 90 valence electrons. The monoisotopic (exact) mass is 215 g/mol. The summed E-state index contributed by atoms with van der Waals surface area (Å²) < 4.78 is 11.1. The van der Waals surface area contributed by atoms with E-state index in [0.717, 1.165) is 39.0 Å². The van der Waals surface area contributed by atoms with Crippen LogP contribution in [-0.4, -0.2) is 26.0 Å². The van der Waals surface area contributed by atoms with Crippen LogP contribution in [0, 0.1) is 11.8 Å². The molecule has 0 aromatic rings. The Morgan fingerprint density at radius 1 is 1.20 bits per heavy atom. The maximum absolute atomic E-state index is 5.54. The van der Waals surface area contributed by atoms with Gasteiger partial charge in [0, 0.05) is 6.42 Å². The topological polar surface area (TPSA) is 44.5 Å². The van der Waals surface area contributed by atoms with E-state index in [1.165, 1.54) is 6.42 Å². The van der Waals surface area contributed by atoms with Crippen molar-refractivity contribution in [3.05, 3.63) is 0 Å². The molecule has 1 saturated heterocycles. The third-order valence-electron chi connectivity index (χ3n) is 2.96. The molecule has 3 nitrogen and oxygen atoms in total. The molecule has 15 heavy (non-hydrogen) atoms. The highest BCUT2D eigenvalue weighted by Crippen LogP contribution is 2.21. The van der Waals surface area contributed by atoms with Crippen LogP contribution in [0.4, 0.5) is 0 Å². The molecule has 0 saturated carbocycles. The Balaban J connectivity index is 2.13. The molecule has 0 amide bonds. The zero-order chi connectivity index (χ0) is 11.1. The van der Waals surface area contributed by atoms with Crippen LogP contribution >= 0.6 is 0 Å². The Morgan fingerprint density at radius 3 is 2.47 bits per heavy atom. The van der Waals surface area contributed by atoms with Crippen molar-refractivity contribution >= 4 is 0 Å². The highest BCUT2D eigenvalue weighted by atomic mass is 16.7. The van der Waals surface area contributed by atoms with Gasteiger partial charge in [0.2, 0.25) is 0 Å². The summed E-state index contributed by atoms with van der Waals surface area (Å²) in [7, 11) is 0. The van der Waals surface area contributed by atoms with E-state index in [1.54, 1.807) is 0 Å². The van der Waals surface area contributed by atoms with Gasteiger partial charge in [-0.3, -0.25) is 0 Å². The van der Waals surface area contributed by atoms with Crippen LogP contribution in [0.5, 0.6) is 0 Å². The van der Waals surface area contributed by atoms with Crippen molar-refractivity contribution in [2.45, 2.75) is 45.8 Å². The average molecular weight is 215 g/mol. The Hall–Kier alpha value is -0.120. The molecule has 3 heteroatoms. The first-order valence-electron chi connectivity index (χ1n) is 6.15. The average Bonchev–Trinajstić information content (AvgIpc) is 2.19. The van der Waals surface area contributed by atoms with E-state index >= 15 is 0 Å². The van der Waals surface area contributed by atoms with Crippen LogP contribution in [0.1, 0.15) is 39.5 Å². The van der Waals surface area contributed by atoms with Gasteiger partial charge < -0.3 is 15.2 Å². The second-order valence-corrected chi connectivity index (χ2v) is 4.78. The summed E-state index contributed by atoms with van der Waals surface area (Å²) >= 11 is 0. The molecule has 0 aromatic carbocycles. The van der Waals surface area contributed by atoms with Crippen molar-refractivity contribution in [2.24, 2.45) is 17.6 Å². The SMILES string of the molecule is CC(CCN)CC(C)CC1OCCCO1. The predicted molar refractivity (Wildman–Crippen MR) is 61.5 cm³/mol. The summed E-state index contributed by atoms with van der Waals surface area (Å²) in [6.07, 6.45) is 4.44. The number of ether oxygens (including phenoxy) is 2. The largest absolute Gasteiger partial charge is 0.353 e. The smallest absolute Gasteiger partial charge is 0.157 e. The molecule has 1 rings (SSSR count). The first-order chi connectivity index (χ1) is 7.22. The van der Waals surface area contributed by atoms with Crippen molar-refractivity contribution < 1.29 is 9.47 Å². The maximum Gasteiger partial charge on any atom is 0.157 e. The molecule has 0 aliphatic carbocycles. The van der Waals surface area contributed by atoms with Crippen LogP contribution in [-0.2, 0) is 9.47 Å². The zero-order valence-corrected chi connectivity index (χ0v) is 10.1. The lowest BCUT2D eigenvalue weighted by atomic mass is 9.92. The van der Waals surface area contributed by atoms with Gasteiger partial charge in [-0.1, -0.05) is 13.8 Å². The van der Waals surface area contributed by atoms with E-state index in [2.05, 4.69) is 13.8 Å². The van der Waals surface area contributed by atoms with Gasteiger partial charge in [0.25, 0.3) is 0 Å². The molecule has 1 aliphatic rings. The molecule has 2 N–H and O–H groups in total. The molecule has 2 unspecified atom stereocenters.